The van der Waals surface area contributed by atoms with Crippen molar-refractivity contribution in [3.63, 3.8) is 0 Å². The molecule has 0 aliphatic carbocycles. The second kappa shape index (κ2) is 2.90. The molecule has 1 aliphatic heterocycles. The summed E-state index contributed by atoms with van der Waals surface area (Å²) in [5, 5.41) is 0. The van der Waals surface area contributed by atoms with Gasteiger partial charge in [-0.2, -0.15) is 0 Å². The summed E-state index contributed by atoms with van der Waals surface area (Å²) in [5.74, 6) is 0.717. The van der Waals surface area contributed by atoms with Gasteiger partial charge < -0.3 is 10.6 Å². The van der Waals surface area contributed by atoms with Gasteiger partial charge in [0.2, 0.25) is 0 Å². The lowest BCUT2D eigenvalue weighted by atomic mass is 10.2. The third kappa shape index (κ3) is 1.23. The molecule has 58 valence electrons. The first kappa shape index (κ1) is 7.38. The number of rotatable bonds is 2. The van der Waals surface area contributed by atoms with E-state index in [1.807, 2.05) is 0 Å². The first-order valence-corrected chi connectivity index (χ1v) is 3.82. The van der Waals surface area contributed by atoms with E-state index in [4.69, 9.17) is 5.73 Å². The van der Waals surface area contributed by atoms with Gasteiger partial charge in [-0.05, 0) is 13.3 Å². The van der Waals surface area contributed by atoms with Gasteiger partial charge in [0, 0.05) is 12.6 Å². The number of nitrogens with zero attached hydrogens (tertiary/aromatic N) is 2. The van der Waals surface area contributed by atoms with Crippen LogP contribution in [0.25, 0.3) is 0 Å². The maximum atomic E-state index is 5.63. The lowest BCUT2D eigenvalue weighted by molar-refractivity contribution is 0.346. The Hall–Kier alpha value is -0.730. The first-order chi connectivity index (χ1) is 4.75. The summed E-state index contributed by atoms with van der Waals surface area (Å²) in [6.45, 7) is 6.21. The molecule has 1 rings (SSSR count). The fourth-order valence-electron chi connectivity index (χ4n) is 1.14. The molecule has 0 aromatic heterocycles. The van der Waals surface area contributed by atoms with Crippen LogP contribution in [0.3, 0.4) is 0 Å². The number of aliphatic imine (C=N–C) groups is 1. The van der Waals surface area contributed by atoms with Crippen LogP contribution in [0, 0.1) is 0 Å². The summed E-state index contributed by atoms with van der Waals surface area (Å²) >= 11 is 0. The van der Waals surface area contributed by atoms with Crippen LogP contribution in [0.1, 0.15) is 20.3 Å². The van der Waals surface area contributed by atoms with Crippen LogP contribution >= 0.6 is 0 Å². The predicted molar refractivity (Wildman–Crippen MR) is 42.9 cm³/mol. The lowest BCUT2D eigenvalue weighted by Crippen LogP contribution is -2.40. The monoisotopic (exact) mass is 141 g/mol. The van der Waals surface area contributed by atoms with Gasteiger partial charge in [-0.1, -0.05) is 6.92 Å². The molecule has 0 fully saturated rings. The van der Waals surface area contributed by atoms with Gasteiger partial charge in [0.15, 0.2) is 5.96 Å². The second-order valence-corrected chi connectivity index (χ2v) is 2.69. The van der Waals surface area contributed by atoms with E-state index in [9.17, 15) is 0 Å². The van der Waals surface area contributed by atoms with Gasteiger partial charge in [-0.3, -0.25) is 4.99 Å². The predicted octanol–water partition coefficient (Wildman–Crippen LogP) is 0.415. The molecule has 0 spiro atoms. The molecule has 1 aliphatic rings. The first-order valence-electron chi connectivity index (χ1n) is 3.82. The number of hydrogen-bond donors (Lipinski definition) is 1. The standard InChI is InChI=1S/C7H15N3/c1-3-6(2)10-5-4-9-7(10)8/h6H,3-5H2,1-2H3,(H2,8,9). The van der Waals surface area contributed by atoms with Crippen LogP contribution in [-0.4, -0.2) is 30.0 Å². The van der Waals surface area contributed by atoms with Crippen molar-refractivity contribution >= 4 is 5.96 Å². The van der Waals surface area contributed by atoms with Crippen molar-refractivity contribution in [1.29, 1.82) is 0 Å². The van der Waals surface area contributed by atoms with E-state index in [-0.39, 0.29) is 0 Å². The molecular formula is C7H15N3. The molecule has 0 radical (unpaired) electrons. The molecule has 10 heavy (non-hydrogen) atoms. The molecule has 0 aromatic rings. The molecule has 0 aromatic carbocycles. The molecule has 1 heterocycles. The van der Waals surface area contributed by atoms with E-state index in [0.717, 1.165) is 19.5 Å². The SMILES string of the molecule is CCC(C)N1CCN=C1N. The van der Waals surface area contributed by atoms with Gasteiger partial charge in [0.05, 0.1) is 6.54 Å². The highest BCUT2D eigenvalue weighted by molar-refractivity contribution is 5.79. The van der Waals surface area contributed by atoms with Crippen molar-refractivity contribution in [3.05, 3.63) is 0 Å². The van der Waals surface area contributed by atoms with Crippen molar-refractivity contribution in [1.82, 2.24) is 4.90 Å². The summed E-state index contributed by atoms with van der Waals surface area (Å²) in [6, 6.07) is 0.547. The van der Waals surface area contributed by atoms with E-state index >= 15 is 0 Å². The summed E-state index contributed by atoms with van der Waals surface area (Å²) in [7, 11) is 0. The molecule has 1 atom stereocenters. The Labute approximate surface area is 61.9 Å². The lowest BCUT2D eigenvalue weighted by Gasteiger charge is -2.24. The minimum absolute atomic E-state index is 0.547. The number of hydrogen-bond acceptors (Lipinski definition) is 3. The second-order valence-electron chi connectivity index (χ2n) is 2.69. The van der Waals surface area contributed by atoms with Crippen LogP contribution in [0.5, 0.6) is 0 Å². The Morgan fingerprint density at radius 2 is 2.50 bits per heavy atom. The molecular weight excluding hydrogens is 126 g/mol. The van der Waals surface area contributed by atoms with Crippen LogP contribution in [-0.2, 0) is 0 Å². The van der Waals surface area contributed by atoms with Gasteiger partial charge in [0.25, 0.3) is 0 Å². The van der Waals surface area contributed by atoms with Crippen molar-refractivity contribution < 1.29 is 0 Å². The molecule has 0 saturated carbocycles. The van der Waals surface area contributed by atoms with Gasteiger partial charge in [0.1, 0.15) is 0 Å². The summed E-state index contributed by atoms with van der Waals surface area (Å²) in [5.41, 5.74) is 5.63. The van der Waals surface area contributed by atoms with Gasteiger partial charge >= 0.3 is 0 Å². The van der Waals surface area contributed by atoms with Gasteiger partial charge in [-0.15, -0.1) is 0 Å². The van der Waals surface area contributed by atoms with Crippen LogP contribution < -0.4 is 5.73 Å². The highest BCUT2D eigenvalue weighted by atomic mass is 15.3. The van der Waals surface area contributed by atoms with Crippen LogP contribution in [0.15, 0.2) is 4.99 Å². The quantitative estimate of drug-likeness (QED) is 0.605. The van der Waals surface area contributed by atoms with Crippen LogP contribution in [0.2, 0.25) is 0 Å². The molecule has 1 unspecified atom stereocenters. The van der Waals surface area contributed by atoms with Crippen molar-refractivity contribution in [2.45, 2.75) is 26.3 Å². The molecule has 0 amide bonds. The Balaban J connectivity index is 2.49. The zero-order chi connectivity index (χ0) is 7.56. The van der Waals surface area contributed by atoms with E-state index < -0.39 is 0 Å². The highest BCUT2D eigenvalue weighted by Crippen LogP contribution is 2.06. The van der Waals surface area contributed by atoms with Gasteiger partial charge in [-0.25, -0.2) is 0 Å². The normalized spacial score (nSPS) is 21.0. The Kier molecular flexibility index (Phi) is 2.14. The fourth-order valence-corrected chi connectivity index (χ4v) is 1.14. The Morgan fingerprint density at radius 3 is 2.90 bits per heavy atom. The Bertz CT molecular complexity index is 142. The maximum absolute atomic E-state index is 5.63. The number of guanidine groups is 1. The molecule has 3 heteroatoms. The summed E-state index contributed by atoms with van der Waals surface area (Å²) < 4.78 is 0. The molecule has 3 nitrogen and oxygen atoms in total. The van der Waals surface area contributed by atoms with Crippen molar-refractivity contribution in [2.75, 3.05) is 13.1 Å². The summed E-state index contributed by atoms with van der Waals surface area (Å²) in [6.07, 6.45) is 1.14. The molecule has 0 saturated heterocycles. The van der Waals surface area contributed by atoms with E-state index in [0.29, 0.717) is 12.0 Å². The summed E-state index contributed by atoms with van der Waals surface area (Å²) in [4.78, 5) is 6.26. The third-order valence-electron chi connectivity index (χ3n) is 2.03. The van der Waals surface area contributed by atoms with E-state index in [2.05, 4.69) is 23.7 Å². The number of nitrogens with two attached hydrogens (primary N) is 1. The van der Waals surface area contributed by atoms with E-state index in [1.165, 1.54) is 0 Å². The van der Waals surface area contributed by atoms with Crippen molar-refractivity contribution in [2.24, 2.45) is 10.7 Å². The molecule has 2 N–H and O–H groups in total. The van der Waals surface area contributed by atoms with E-state index in [1.54, 1.807) is 0 Å². The average molecular weight is 141 g/mol. The highest BCUT2D eigenvalue weighted by Gasteiger charge is 2.17. The average Bonchev–Trinajstić information content (AvgIpc) is 2.34. The molecule has 0 bridgehead atoms. The minimum atomic E-state index is 0.547. The third-order valence-corrected chi connectivity index (χ3v) is 2.03. The topological polar surface area (TPSA) is 41.6 Å². The smallest absolute Gasteiger partial charge is 0.191 e. The van der Waals surface area contributed by atoms with Crippen molar-refractivity contribution in [3.8, 4) is 0 Å². The Morgan fingerprint density at radius 1 is 1.80 bits per heavy atom. The maximum Gasteiger partial charge on any atom is 0.191 e. The largest absolute Gasteiger partial charge is 0.370 e. The zero-order valence-corrected chi connectivity index (χ0v) is 6.67. The minimum Gasteiger partial charge on any atom is -0.370 e. The van der Waals surface area contributed by atoms with Crippen LogP contribution in [0.4, 0.5) is 0 Å². The fraction of sp³-hybridized carbons (Fsp3) is 0.857. The zero-order valence-electron chi connectivity index (χ0n) is 6.67.